The Hall–Kier alpha value is -1.39. The van der Waals surface area contributed by atoms with Crippen molar-refractivity contribution in [3.8, 4) is 0 Å². The zero-order valence-electron chi connectivity index (χ0n) is 11.8. The Kier molecular flexibility index (Phi) is 4.00. The summed E-state index contributed by atoms with van der Waals surface area (Å²) in [4.78, 5) is 2.77. The molecule has 4 heteroatoms. The highest BCUT2D eigenvalue weighted by atomic mass is 79.9. The first kappa shape index (κ1) is 14.5. The molecule has 0 aliphatic carbocycles. The van der Waals surface area contributed by atoms with E-state index in [-0.39, 0.29) is 0 Å². The van der Waals surface area contributed by atoms with Crippen molar-refractivity contribution in [2.75, 3.05) is 11.4 Å². The van der Waals surface area contributed by atoms with Crippen molar-refractivity contribution in [1.29, 1.82) is 0 Å². The first-order valence-electron chi connectivity index (χ1n) is 7.01. The van der Waals surface area contributed by atoms with Crippen LogP contribution in [0.2, 0.25) is 0 Å². The Labute approximate surface area is 139 Å². The lowest BCUT2D eigenvalue weighted by Crippen LogP contribution is -2.32. The Morgan fingerprint density at radius 1 is 1.24 bits per heavy atom. The second-order valence-corrected chi connectivity index (χ2v) is 6.93. The molecule has 1 aliphatic heterocycles. The number of halogens is 1. The van der Waals surface area contributed by atoms with Gasteiger partial charge in [-0.3, -0.25) is 0 Å². The Morgan fingerprint density at radius 2 is 2.00 bits per heavy atom. The third-order valence-corrected chi connectivity index (χ3v) is 4.57. The van der Waals surface area contributed by atoms with E-state index in [1.807, 2.05) is 12.1 Å². The van der Waals surface area contributed by atoms with Gasteiger partial charge < -0.3 is 10.6 Å². The van der Waals surface area contributed by atoms with Gasteiger partial charge in [0.25, 0.3) is 0 Å². The van der Waals surface area contributed by atoms with E-state index in [0.29, 0.717) is 10.9 Å². The maximum absolute atomic E-state index is 5.93. The average molecular weight is 361 g/mol. The molecule has 0 saturated heterocycles. The van der Waals surface area contributed by atoms with Gasteiger partial charge in [0.1, 0.15) is 4.99 Å². The largest absolute Gasteiger partial charge is 0.389 e. The molecule has 108 valence electrons. The van der Waals surface area contributed by atoms with E-state index in [1.54, 1.807) is 0 Å². The van der Waals surface area contributed by atoms with E-state index in [0.717, 1.165) is 28.7 Å². The average Bonchev–Trinajstić information content (AvgIpc) is 2.46. The highest BCUT2D eigenvalue weighted by Gasteiger charge is 2.24. The van der Waals surface area contributed by atoms with Gasteiger partial charge in [0.2, 0.25) is 0 Å². The summed E-state index contributed by atoms with van der Waals surface area (Å²) < 4.78 is 0.993. The lowest BCUT2D eigenvalue weighted by atomic mass is 9.93. The fraction of sp³-hybridized carbons (Fsp3) is 0.235. The smallest absolute Gasteiger partial charge is 0.106 e. The Morgan fingerprint density at radius 3 is 2.76 bits per heavy atom. The molecule has 2 aromatic carbocycles. The number of rotatable bonds is 2. The van der Waals surface area contributed by atoms with Crippen LogP contribution in [0.15, 0.2) is 46.9 Å². The predicted octanol–water partition coefficient (Wildman–Crippen LogP) is 4.41. The van der Waals surface area contributed by atoms with Gasteiger partial charge in [-0.2, -0.15) is 0 Å². The molecule has 21 heavy (non-hydrogen) atoms. The zero-order chi connectivity index (χ0) is 15.0. The van der Waals surface area contributed by atoms with E-state index in [9.17, 15) is 0 Å². The van der Waals surface area contributed by atoms with Crippen LogP contribution in [0.1, 0.15) is 18.1 Å². The van der Waals surface area contributed by atoms with Crippen LogP contribution < -0.4 is 10.6 Å². The molecule has 0 fully saturated rings. The molecule has 1 heterocycles. The summed E-state index contributed by atoms with van der Waals surface area (Å²) in [5.41, 5.74) is 10.6. The SMILES string of the molecule is CC1Cc2ccccc2N(c2ccc(Br)cc2C(N)=S)C1. The molecular weight excluding hydrogens is 344 g/mol. The van der Waals surface area contributed by atoms with Crippen LogP contribution in [-0.4, -0.2) is 11.5 Å². The Bertz CT molecular complexity index is 699. The van der Waals surface area contributed by atoms with E-state index in [4.69, 9.17) is 18.0 Å². The topological polar surface area (TPSA) is 29.3 Å². The number of hydrogen-bond donors (Lipinski definition) is 1. The van der Waals surface area contributed by atoms with Crippen LogP contribution in [0.25, 0.3) is 0 Å². The van der Waals surface area contributed by atoms with Crippen LogP contribution in [-0.2, 0) is 6.42 Å². The quantitative estimate of drug-likeness (QED) is 0.804. The molecule has 1 aliphatic rings. The number of para-hydroxylation sites is 1. The summed E-state index contributed by atoms with van der Waals surface area (Å²) in [6, 6.07) is 14.7. The van der Waals surface area contributed by atoms with Crippen LogP contribution >= 0.6 is 28.1 Å². The van der Waals surface area contributed by atoms with Crippen molar-refractivity contribution < 1.29 is 0 Å². The number of nitrogens with two attached hydrogens (primary N) is 1. The second kappa shape index (κ2) is 5.78. The van der Waals surface area contributed by atoms with Gasteiger partial charge in [0.05, 0.1) is 5.69 Å². The van der Waals surface area contributed by atoms with Crippen LogP contribution in [0.3, 0.4) is 0 Å². The van der Waals surface area contributed by atoms with E-state index < -0.39 is 0 Å². The lowest BCUT2D eigenvalue weighted by Gasteiger charge is -2.36. The van der Waals surface area contributed by atoms with Crippen LogP contribution in [0.5, 0.6) is 0 Å². The molecule has 0 radical (unpaired) electrons. The maximum Gasteiger partial charge on any atom is 0.106 e. The number of benzene rings is 2. The first-order chi connectivity index (χ1) is 10.1. The summed E-state index contributed by atoms with van der Waals surface area (Å²) in [6.45, 7) is 3.26. The molecule has 1 unspecified atom stereocenters. The minimum atomic E-state index is 0.432. The fourth-order valence-electron chi connectivity index (χ4n) is 2.97. The molecule has 2 nitrogen and oxygen atoms in total. The summed E-state index contributed by atoms with van der Waals surface area (Å²) in [5.74, 6) is 0.600. The molecule has 0 spiro atoms. The number of anilines is 2. The normalized spacial score (nSPS) is 17.4. The monoisotopic (exact) mass is 360 g/mol. The molecule has 0 amide bonds. The van der Waals surface area contributed by atoms with E-state index >= 15 is 0 Å². The molecule has 2 aromatic rings. The van der Waals surface area contributed by atoms with Gasteiger partial charge >= 0.3 is 0 Å². The van der Waals surface area contributed by atoms with Crippen LogP contribution in [0, 0.1) is 5.92 Å². The molecule has 0 saturated carbocycles. The Balaban J connectivity index is 2.15. The lowest BCUT2D eigenvalue weighted by molar-refractivity contribution is 0.562. The molecule has 2 N–H and O–H groups in total. The minimum Gasteiger partial charge on any atom is -0.389 e. The second-order valence-electron chi connectivity index (χ2n) is 5.57. The van der Waals surface area contributed by atoms with E-state index in [1.165, 1.54) is 11.3 Å². The molecule has 3 rings (SSSR count). The van der Waals surface area contributed by atoms with E-state index in [2.05, 4.69) is 58.1 Å². The summed E-state index contributed by atoms with van der Waals surface area (Å²) in [7, 11) is 0. The minimum absolute atomic E-state index is 0.432. The predicted molar refractivity (Wildman–Crippen MR) is 96.3 cm³/mol. The first-order valence-corrected chi connectivity index (χ1v) is 8.21. The fourth-order valence-corrected chi connectivity index (χ4v) is 3.49. The van der Waals surface area contributed by atoms with Crippen molar-refractivity contribution in [2.24, 2.45) is 11.7 Å². The number of nitrogens with zero attached hydrogens (tertiary/aromatic N) is 1. The van der Waals surface area contributed by atoms with Gasteiger partial charge in [-0.1, -0.05) is 53.3 Å². The van der Waals surface area contributed by atoms with Gasteiger partial charge in [-0.25, -0.2) is 0 Å². The van der Waals surface area contributed by atoms with Crippen molar-refractivity contribution in [1.82, 2.24) is 0 Å². The molecular formula is C17H17BrN2S. The van der Waals surface area contributed by atoms with Crippen LogP contribution in [0.4, 0.5) is 11.4 Å². The molecule has 0 bridgehead atoms. The summed E-state index contributed by atoms with van der Waals surface area (Å²) >= 11 is 8.74. The third kappa shape index (κ3) is 2.83. The number of thiocarbonyl (C=S) groups is 1. The summed E-state index contributed by atoms with van der Waals surface area (Å²) in [5, 5.41) is 0. The standard InChI is InChI=1S/C17H17BrN2S/c1-11-8-12-4-2-3-5-15(12)20(10-11)16-7-6-13(18)9-14(16)17(19)21/h2-7,9,11H,8,10H2,1H3,(H2,19,21). The van der Waals surface area contributed by atoms with Gasteiger partial charge in [-0.05, 0) is 42.2 Å². The van der Waals surface area contributed by atoms with Gasteiger partial charge in [0.15, 0.2) is 0 Å². The van der Waals surface area contributed by atoms with Crippen molar-refractivity contribution in [3.63, 3.8) is 0 Å². The van der Waals surface area contributed by atoms with Crippen molar-refractivity contribution in [3.05, 3.63) is 58.1 Å². The highest BCUT2D eigenvalue weighted by molar-refractivity contribution is 9.10. The van der Waals surface area contributed by atoms with Crippen molar-refractivity contribution in [2.45, 2.75) is 13.3 Å². The number of hydrogen-bond acceptors (Lipinski definition) is 2. The molecule has 0 aromatic heterocycles. The maximum atomic E-state index is 5.93. The van der Waals surface area contributed by atoms with Crippen molar-refractivity contribution >= 4 is 44.5 Å². The number of fused-ring (bicyclic) bond motifs is 1. The van der Waals surface area contributed by atoms with Gasteiger partial charge in [-0.15, -0.1) is 0 Å². The highest BCUT2D eigenvalue weighted by Crippen LogP contribution is 2.37. The molecule has 1 atom stereocenters. The summed E-state index contributed by atoms with van der Waals surface area (Å²) in [6.07, 6.45) is 1.12. The third-order valence-electron chi connectivity index (χ3n) is 3.86. The van der Waals surface area contributed by atoms with Gasteiger partial charge in [0, 0.05) is 22.3 Å². The zero-order valence-corrected chi connectivity index (χ0v) is 14.2.